The molecule has 3 rings (SSSR count). The van der Waals surface area contributed by atoms with Crippen molar-refractivity contribution in [3.63, 3.8) is 0 Å². The van der Waals surface area contributed by atoms with Crippen molar-refractivity contribution in [2.45, 2.75) is 56.9 Å². The van der Waals surface area contributed by atoms with Crippen LogP contribution in [-0.2, 0) is 26.0 Å². The third-order valence-corrected chi connectivity index (χ3v) is 6.45. The second kappa shape index (κ2) is 7.98. The van der Waals surface area contributed by atoms with Crippen molar-refractivity contribution in [2.24, 2.45) is 5.92 Å². The van der Waals surface area contributed by atoms with Gasteiger partial charge < -0.3 is 10.2 Å². The SMILES string of the molecule is CC(C)C[C@@H](NS(=O)(=O)c1ccc2c(c1)CC(=O)N2)C(=O)N1CCCCC1. The minimum Gasteiger partial charge on any atom is -0.341 e. The molecule has 0 aliphatic carbocycles. The molecule has 2 aliphatic rings. The summed E-state index contributed by atoms with van der Waals surface area (Å²) in [5.41, 5.74) is 1.30. The van der Waals surface area contributed by atoms with Crippen molar-refractivity contribution in [3.8, 4) is 0 Å². The lowest BCUT2D eigenvalue weighted by Gasteiger charge is -2.31. The summed E-state index contributed by atoms with van der Waals surface area (Å²) in [5, 5.41) is 2.69. The first-order valence-corrected chi connectivity index (χ1v) is 11.0. The van der Waals surface area contributed by atoms with E-state index in [9.17, 15) is 18.0 Å². The molecule has 2 amide bonds. The first-order valence-electron chi connectivity index (χ1n) is 9.50. The van der Waals surface area contributed by atoms with Gasteiger partial charge in [-0.3, -0.25) is 9.59 Å². The highest BCUT2D eigenvalue weighted by Crippen LogP contribution is 2.26. The van der Waals surface area contributed by atoms with E-state index in [0.29, 0.717) is 30.8 Å². The fourth-order valence-corrected chi connectivity index (χ4v) is 4.89. The van der Waals surface area contributed by atoms with Crippen LogP contribution in [0.15, 0.2) is 23.1 Å². The van der Waals surface area contributed by atoms with Gasteiger partial charge in [-0.05, 0) is 55.4 Å². The molecule has 1 fully saturated rings. The highest BCUT2D eigenvalue weighted by atomic mass is 32.2. The van der Waals surface area contributed by atoms with Crippen LogP contribution in [0.2, 0.25) is 0 Å². The van der Waals surface area contributed by atoms with Crippen LogP contribution in [0, 0.1) is 5.92 Å². The highest BCUT2D eigenvalue weighted by molar-refractivity contribution is 7.89. The van der Waals surface area contributed by atoms with Crippen molar-refractivity contribution in [2.75, 3.05) is 18.4 Å². The number of anilines is 1. The maximum atomic E-state index is 12.9. The summed E-state index contributed by atoms with van der Waals surface area (Å²) in [6, 6.07) is 3.79. The third kappa shape index (κ3) is 4.68. The molecule has 27 heavy (non-hydrogen) atoms. The molecule has 1 aromatic carbocycles. The van der Waals surface area contributed by atoms with E-state index in [2.05, 4.69) is 10.0 Å². The second-order valence-electron chi connectivity index (χ2n) is 7.73. The number of amides is 2. The molecule has 2 N–H and O–H groups in total. The van der Waals surface area contributed by atoms with Gasteiger partial charge in [0.1, 0.15) is 6.04 Å². The van der Waals surface area contributed by atoms with E-state index in [4.69, 9.17) is 0 Å². The molecule has 1 aromatic rings. The van der Waals surface area contributed by atoms with Gasteiger partial charge in [0.05, 0.1) is 11.3 Å². The molecule has 0 radical (unpaired) electrons. The second-order valence-corrected chi connectivity index (χ2v) is 9.45. The number of likely N-dealkylation sites (tertiary alicyclic amines) is 1. The molecule has 2 heterocycles. The Kier molecular flexibility index (Phi) is 5.86. The average molecular weight is 394 g/mol. The van der Waals surface area contributed by atoms with E-state index in [1.165, 1.54) is 12.1 Å². The zero-order valence-electron chi connectivity index (χ0n) is 15.8. The van der Waals surface area contributed by atoms with Gasteiger partial charge in [0.15, 0.2) is 0 Å². The third-order valence-electron chi connectivity index (χ3n) is 4.98. The van der Waals surface area contributed by atoms with Gasteiger partial charge in [0, 0.05) is 18.8 Å². The number of piperidine rings is 1. The summed E-state index contributed by atoms with van der Waals surface area (Å²) in [4.78, 5) is 26.3. The number of carbonyl (C=O) groups is 2. The van der Waals surface area contributed by atoms with E-state index in [-0.39, 0.29) is 29.0 Å². The lowest BCUT2D eigenvalue weighted by Crippen LogP contribution is -2.50. The summed E-state index contributed by atoms with van der Waals surface area (Å²) in [7, 11) is -3.86. The molecular formula is C19H27N3O4S. The van der Waals surface area contributed by atoms with Crippen LogP contribution in [0.25, 0.3) is 0 Å². The minimum absolute atomic E-state index is 0.0814. The van der Waals surface area contributed by atoms with Gasteiger partial charge >= 0.3 is 0 Å². The number of sulfonamides is 1. The molecule has 0 unspecified atom stereocenters. The van der Waals surface area contributed by atoms with E-state index < -0.39 is 16.1 Å². The molecule has 0 spiro atoms. The summed E-state index contributed by atoms with van der Waals surface area (Å²) in [6.45, 7) is 5.30. The van der Waals surface area contributed by atoms with Crippen LogP contribution in [0.1, 0.15) is 45.1 Å². The largest absolute Gasteiger partial charge is 0.341 e. The summed E-state index contributed by atoms with van der Waals surface area (Å²) in [5.74, 6) is -0.122. The molecule has 8 heteroatoms. The molecule has 1 atom stereocenters. The van der Waals surface area contributed by atoms with Crippen molar-refractivity contribution < 1.29 is 18.0 Å². The molecule has 148 valence electrons. The van der Waals surface area contributed by atoms with Crippen LogP contribution >= 0.6 is 0 Å². The van der Waals surface area contributed by atoms with Crippen molar-refractivity contribution in [3.05, 3.63) is 23.8 Å². The molecular weight excluding hydrogens is 366 g/mol. The zero-order chi connectivity index (χ0) is 19.6. The number of rotatable bonds is 6. The van der Waals surface area contributed by atoms with Crippen LogP contribution in [0.5, 0.6) is 0 Å². The number of nitrogens with zero attached hydrogens (tertiary/aromatic N) is 1. The summed E-state index contributed by atoms with van der Waals surface area (Å²) < 4.78 is 28.4. The fourth-order valence-electron chi connectivity index (χ4n) is 3.63. The Hall–Kier alpha value is -1.93. The van der Waals surface area contributed by atoms with Crippen LogP contribution in [-0.4, -0.2) is 44.3 Å². The van der Waals surface area contributed by atoms with E-state index >= 15 is 0 Å². The standard InChI is InChI=1S/C19H27N3O4S/c1-13(2)10-17(19(24)22-8-4-3-5-9-22)21-27(25,26)15-6-7-16-14(11-15)12-18(23)20-16/h6-7,11,13,17,21H,3-5,8-10,12H2,1-2H3,(H,20,23)/t17-/m1/s1. The van der Waals surface area contributed by atoms with Gasteiger partial charge in [-0.25, -0.2) is 8.42 Å². The minimum atomic E-state index is -3.86. The molecule has 7 nitrogen and oxygen atoms in total. The van der Waals surface area contributed by atoms with Gasteiger partial charge in [0.2, 0.25) is 21.8 Å². The molecule has 0 bridgehead atoms. The Labute approximate surface area is 160 Å². The first-order chi connectivity index (χ1) is 12.8. The Morgan fingerprint density at radius 2 is 1.93 bits per heavy atom. The van der Waals surface area contributed by atoms with Gasteiger partial charge in [-0.1, -0.05) is 13.8 Å². The molecule has 0 saturated carbocycles. The quantitative estimate of drug-likeness (QED) is 0.771. The number of benzene rings is 1. The van der Waals surface area contributed by atoms with E-state index in [0.717, 1.165) is 19.3 Å². The van der Waals surface area contributed by atoms with Crippen molar-refractivity contribution in [1.29, 1.82) is 0 Å². The van der Waals surface area contributed by atoms with Crippen molar-refractivity contribution in [1.82, 2.24) is 9.62 Å². The number of fused-ring (bicyclic) bond motifs is 1. The monoisotopic (exact) mass is 393 g/mol. The van der Waals surface area contributed by atoms with E-state index in [1.54, 1.807) is 11.0 Å². The fraction of sp³-hybridized carbons (Fsp3) is 0.579. The number of nitrogens with one attached hydrogen (secondary N) is 2. The molecule has 0 aromatic heterocycles. The summed E-state index contributed by atoms with van der Waals surface area (Å²) in [6.07, 6.45) is 3.63. The van der Waals surface area contributed by atoms with E-state index in [1.807, 2.05) is 13.8 Å². The Morgan fingerprint density at radius 3 is 2.59 bits per heavy atom. The predicted octanol–water partition coefficient (Wildman–Crippen LogP) is 1.89. The maximum Gasteiger partial charge on any atom is 0.241 e. The first kappa shape index (κ1) is 19.8. The van der Waals surface area contributed by atoms with Gasteiger partial charge in [-0.15, -0.1) is 0 Å². The van der Waals surface area contributed by atoms with Crippen LogP contribution in [0.3, 0.4) is 0 Å². The average Bonchev–Trinajstić information content (AvgIpc) is 3.00. The Bertz CT molecular complexity index is 829. The van der Waals surface area contributed by atoms with Crippen molar-refractivity contribution >= 4 is 27.5 Å². The van der Waals surface area contributed by atoms with Crippen LogP contribution in [0.4, 0.5) is 5.69 Å². The number of hydrogen-bond acceptors (Lipinski definition) is 4. The lowest BCUT2D eigenvalue weighted by atomic mass is 10.0. The molecule has 2 aliphatic heterocycles. The van der Waals surface area contributed by atoms with Crippen LogP contribution < -0.4 is 10.0 Å². The van der Waals surface area contributed by atoms with Gasteiger partial charge in [-0.2, -0.15) is 4.72 Å². The topological polar surface area (TPSA) is 95.6 Å². The number of hydrogen-bond donors (Lipinski definition) is 2. The predicted molar refractivity (Wildman–Crippen MR) is 103 cm³/mol. The smallest absolute Gasteiger partial charge is 0.241 e. The Morgan fingerprint density at radius 1 is 1.22 bits per heavy atom. The normalized spacial score (nSPS) is 18.3. The van der Waals surface area contributed by atoms with Gasteiger partial charge in [0.25, 0.3) is 0 Å². The number of carbonyl (C=O) groups excluding carboxylic acids is 2. The molecule has 1 saturated heterocycles. The Balaban J connectivity index is 1.80. The summed E-state index contributed by atoms with van der Waals surface area (Å²) >= 11 is 0. The lowest BCUT2D eigenvalue weighted by molar-refractivity contribution is -0.134. The highest BCUT2D eigenvalue weighted by Gasteiger charge is 2.31. The maximum absolute atomic E-state index is 12.9. The zero-order valence-corrected chi connectivity index (χ0v) is 16.6.